The SMILES string of the molecule is CN(C)S(=O)(=O)c1ccc(C(=O)N[C@@H]2CCSc3ccc(Cl)cc32)cc1. The molecule has 0 radical (unpaired) electrons. The molecule has 0 saturated carbocycles. The third kappa shape index (κ3) is 3.91. The molecule has 26 heavy (non-hydrogen) atoms. The van der Waals surface area contributed by atoms with Crippen LogP contribution < -0.4 is 5.32 Å². The van der Waals surface area contributed by atoms with Gasteiger partial charge in [0.25, 0.3) is 5.91 Å². The van der Waals surface area contributed by atoms with Crippen molar-refractivity contribution in [3.63, 3.8) is 0 Å². The highest BCUT2D eigenvalue weighted by Gasteiger charge is 2.23. The molecular formula is C18H19ClN2O3S2. The highest BCUT2D eigenvalue weighted by Crippen LogP contribution is 2.37. The van der Waals surface area contributed by atoms with Crippen LogP contribution in [0.5, 0.6) is 0 Å². The van der Waals surface area contributed by atoms with Crippen LogP contribution in [0.2, 0.25) is 5.02 Å². The molecule has 1 atom stereocenters. The summed E-state index contributed by atoms with van der Waals surface area (Å²) < 4.78 is 25.4. The average Bonchev–Trinajstić information content (AvgIpc) is 2.62. The molecule has 3 rings (SSSR count). The number of hydrogen-bond acceptors (Lipinski definition) is 4. The monoisotopic (exact) mass is 410 g/mol. The number of nitrogens with zero attached hydrogens (tertiary/aromatic N) is 1. The van der Waals surface area contributed by atoms with Crippen LogP contribution in [0.15, 0.2) is 52.3 Å². The van der Waals surface area contributed by atoms with E-state index in [9.17, 15) is 13.2 Å². The molecule has 5 nitrogen and oxygen atoms in total. The topological polar surface area (TPSA) is 66.5 Å². The van der Waals surface area contributed by atoms with Gasteiger partial charge in [0.2, 0.25) is 10.0 Å². The number of fused-ring (bicyclic) bond motifs is 1. The summed E-state index contributed by atoms with van der Waals surface area (Å²) in [6.07, 6.45) is 0.816. The van der Waals surface area contributed by atoms with Crippen molar-refractivity contribution >= 4 is 39.3 Å². The van der Waals surface area contributed by atoms with Crippen molar-refractivity contribution in [3.05, 3.63) is 58.6 Å². The maximum Gasteiger partial charge on any atom is 0.251 e. The summed E-state index contributed by atoms with van der Waals surface area (Å²) in [5, 5.41) is 3.67. The van der Waals surface area contributed by atoms with E-state index in [0.717, 1.165) is 26.9 Å². The van der Waals surface area contributed by atoms with Crippen molar-refractivity contribution in [1.29, 1.82) is 0 Å². The molecule has 0 spiro atoms. The van der Waals surface area contributed by atoms with E-state index in [1.807, 2.05) is 18.2 Å². The van der Waals surface area contributed by atoms with Crippen LogP contribution in [0, 0.1) is 0 Å². The number of hydrogen-bond donors (Lipinski definition) is 1. The minimum Gasteiger partial charge on any atom is -0.345 e. The Labute approximate surface area is 162 Å². The lowest BCUT2D eigenvalue weighted by Gasteiger charge is -2.26. The number of carbonyl (C=O) groups excluding carboxylic acids is 1. The summed E-state index contributed by atoms with van der Waals surface area (Å²) in [5.41, 5.74) is 1.44. The Hall–Kier alpha value is -1.54. The summed E-state index contributed by atoms with van der Waals surface area (Å²) in [6.45, 7) is 0. The minimum absolute atomic E-state index is 0.109. The van der Waals surface area contributed by atoms with Gasteiger partial charge >= 0.3 is 0 Å². The number of nitrogens with one attached hydrogen (secondary N) is 1. The summed E-state index contributed by atoms with van der Waals surface area (Å²) in [6, 6.07) is 11.6. The lowest BCUT2D eigenvalue weighted by atomic mass is 10.0. The fourth-order valence-corrected chi connectivity index (χ4v) is 4.93. The van der Waals surface area contributed by atoms with Crippen LogP contribution in [-0.4, -0.2) is 38.5 Å². The first-order valence-corrected chi connectivity index (χ1v) is 10.8. The first kappa shape index (κ1) is 19.2. The summed E-state index contributed by atoms with van der Waals surface area (Å²) in [4.78, 5) is 13.9. The predicted octanol–water partition coefficient (Wildman–Crippen LogP) is 3.56. The lowest BCUT2D eigenvalue weighted by Crippen LogP contribution is -2.30. The van der Waals surface area contributed by atoms with Crippen LogP contribution in [0.3, 0.4) is 0 Å². The van der Waals surface area contributed by atoms with E-state index in [0.29, 0.717) is 10.6 Å². The smallest absolute Gasteiger partial charge is 0.251 e. The number of halogens is 1. The molecule has 0 fully saturated rings. The Morgan fingerprint density at radius 3 is 2.54 bits per heavy atom. The number of benzene rings is 2. The molecule has 1 aliphatic rings. The lowest BCUT2D eigenvalue weighted by molar-refractivity contribution is 0.0935. The van der Waals surface area contributed by atoms with Gasteiger partial charge in [-0.1, -0.05) is 11.6 Å². The second kappa shape index (κ2) is 7.60. The molecule has 0 aromatic heterocycles. The Kier molecular flexibility index (Phi) is 5.62. The quantitative estimate of drug-likeness (QED) is 0.836. The molecule has 0 aliphatic carbocycles. The first-order chi connectivity index (χ1) is 12.3. The first-order valence-electron chi connectivity index (χ1n) is 8.05. The summed E-state index contributed by atoms with van der Waals surface area (Å²) in [5.74, 6) is 0.682. The molecule has 1 amide bonds. The number of carbonyl (C=O) groups is 1. The van der Waals surface area contributed by atoms with Crippen LogP contribution in [-0.2, 0) is 10.0 Å². The van der Waals surface area contributed by atoms with E-state index in [-0.39, 0.29) is 16.8 Å². The standard InChI is InChI=1S/C18H19ClN2O3S2/c1-21(2)26(23,24)14-6-3-12(4-7-14)18(22)20-16-9-10-25-17-8-5-13(19)11-15(16)17/h3-8,11,16H,9-10H2,1-2H3,(H,20,22)/t16-/m1/s1. The normalized spacial score (nSPS) is 17.0. The number of rotatable bonds is 4. The molecule has 8 heteroatoms. The van der Waals surface area contributed by atoms with Gasteiger partial charge in [-0.2, -0.15) is 0 Å². The fourth-order valence-electron chi connectivity index (χ4n) is 2.75. The van der Waals surface area contributed by atoms with E-state index in [1.165, 1.54) is 38.4 Å². The van der Waals surface area contributed by atoms with Gasteiger partial charge in [0.1, 0.15) is 0 Å². The van der Waals surface area contributed by atoms with E-state index in [4.69, 9.17) is 11.6 Å². The van der Waals surface area contributed by atoms with E-state index >= 15 is 0 Å². The molecule has 138 valence electrons. The van der Waals surface area contributed by atoms with E-state index in [1.54, 1.807) is 11.8 Å². The van der Waals surface area contributed by atoms with Gasteiger partial charge in [0.15, 0.2) is 0 Å². The molecule has 1 aliphatic heterocycles. The van der Waals surface area contributed by atoms with Crippen molar-refractivity contribution < 1.29 is 13.2 Å². The summed E-state index contributed by atoms with van der Waals surface area (Å²) in [7, 11) is -0.563. The number of sulfonamides is 1. The molecular weight excluding hydrogens is 392 g/mol. The molecule has 2 aromatic rings. The van der Waals surface area contributed by atoms with Crippen LogP contribution in [0.1, 0.15) is 28.4 Å². The van der Waals surface area contributed by atoms with Crippen LogP contribution >= 0.6 is 23.4 Å². The van der Waals surface area contributed by atoms with Gasteiger partial charge in [-0.25, -0.2) is 12.7 Å². The predicted molar refractivity (Wildman–Crippen MR) is 104 cm³/mol. The van der Waals surface area contributed by atoms with Crippen molar-refractivity contribution in [3.8, 4) is 0 Å². The highest BCUT2D eigenvalue weighted by molar-refractivity contribution is 7.99. The Morgan fingerprint density at radius 2 is 1.88 bits per heavy atom. The maximum absolute atomic E-state index is 12.6. The summed E-state index contributed by atoms with van der Waals surface area (Å²) >= 11 is 7.85. The Bertz CT molecular complexity index is 928. The fraction of sp³-hybridized carbons (Fsp3) is 0.278. The van der Waals surface area contributed by atoms with Gasteiger partial charge in [0.05, 0.1) is 10.9 Å². The van der Waals surface area contributed by atoms with Crippen LogP contribution in [0.4, 0.5) is 0 Å². The van der Waals surface area contributed by atoms with Crippen molar-refractivity contribution in [1.82, 2.24) is 9.62 Å². The highest BCUT2D eigenvalue weighted by atomic mass is 35.5. The molecule has 0 saturated heterocycles. The molecule has 1 heterocycles. The Morgan fingerprint density at radius 1 is 1.19 bits per heavy atom. The number of thioether (sulfide) groups is 1. The second-order valence-electron chi connectivity index (χ2n) is 6.16. The van der Waals surface area contributed by atoms with Crippen molar-refractivity contribution in [2.24, 2.45) is 0 Å². The molecule has 1 N–H and O–H groups in total. The zero-order valence-electron chi connectivity index (χ0n) is 14.4. The molecule has 2 aromatic carbocycles. The third-order valence-corrected chi connectivity index (χ3v) is 7.40. The van der Waals surface area contributed by atoms with Crippen molar-refractivity contribution in [2.75, 3.05) is 19.8 Å². The van der Waals surface area contributed by atoms with E-state index < -0.39 is 10.0 Å². The van der Waals surface area contributed by atoms with Gasteiger partial charge < -0.3 is 5.32 Å². The maximum atomic E-state index is 12.6. The largest absolute Gasteiger partial charge is 0.345 e. The van der Waals surface area contributed by atoms with Crippen molar-refractivity contribution in [2.45, 2.75) is 22.3 Å². The van der Waals surface area contributed by atoms with Gasteiger partial charge in [-0.05, 0) is 54.4 Å². The molecule has 0 unspecified atom stereocenters. The van der Waals surface area contributed by atoms with E-state index in [2.05, 4.69) is 5.32 Å². The zero-order valence-corrected chi connectivity index (χ0v) is 16.8. The minimum atomic E-state index is -3.51. The van der Waals surface area contributed by atoms with Crippen LogP contribution in [0.25, 0.3) is 0 Å². The zero-order chi connectivity index (χ0) is 18.9. The second-order valence-corrected chi connectivity index (χ2v) is 9.88. The van der Waals surface area contributed by atoms with Gasteiger partial charge in [-0.3, -0.25) is 4.79 Å². The number of amides is 1. The Balaban J connectivity index is 1.79. The average molecular weight is 411 g/mol. The van der Waals surface area contributed by atoms with Gasteiger partial charge in [-0.15, -0.1) is 11.8 Å². The molecule has 0 bridgehead atoms. The van der Waals surface area contributed by atoms with Gasteiger partial charge in [0, 0.05) is 35.3 Å². The third-order valence-electron chi connectivity index (χ3n) is 4.21.